The fourth-order valence-corrected chi connectivity index (χ4v) is 4.56. The molecule has 0 saturated heterocycles. The van der Waals surface area contributed by atoms with Gasteiger partial charge < -0.3 is 4.57 Å². The van der Waals surface area contributed by atoms with E-state index >= 15 is 0 Å². The summed E-state index contributed by atoms with van der Waals surface area (Å²) in [6.07, 6.45) is 3.18. The van der Waals surface area contributed by atoms with Crippen LogP contribution in [0.4, 0.5) is 4.39 Å². The highest BCUT2D eigenvalue weighted by Crippen LogP contribution is 2.27. The first kappa shape index (κ1) is 19.6. The fraction of sp³-hybridized carbons (Fsp3) is 0.0417. The zero-order valence-corrected chi connectivity index (χ0v) is 16.7. The summed E-state index contributed by atoms with van der Waals surface area (Å²) in [4.78, 5) is -0.261. The van der Waals surface area contributed by atoms with Gasteiger partial charge in [0.15, 0.2) is 0 Å². The first-order chi connectivity index (χ1) is 14.5. The van der Waals surface area contributed by atoms with E-state index in [1.807, 2.05) is 41.0 Å². The van der Waals surface area contributed by atoms with Crippen LogP contribution in [0.2, 0.25) is 0 Å². The van der Waals surface area contributed by atoms with Crippen molar-refractivity contribution in [1.82, 2.24) is 4.57 Å². The van der Waals surface area contributed by atoms with Crippen molar-refractivity contribution in [2.24, 2.45) is 0 Å². The van der Waals surface area contributed by atoms with Gasteiger partial charge in [-0.3, -0.25) is 0 Å². The van der Waals surface area contributed by atoms with Crippen molar-refractivity contribution in [3.8, 4) is 6.07 Å². The summed E-state index contributed by atoms with van der Waals surface area (Å²) >= 11 is 0. The summed E-state index contributed by atoms with van der Waals surface area (Å²) in [6.45, 7) is 0.416. The number of nitriles is 1. The Balaban J connectivity index is 1.82. The minimum atomic E-state index is -3.93. The minimum Gasteiger partial charge on any atom is -0.342 e. The largest absolute Gasteiger partial charge is 0.342 e. The summed E-state index contributed by atoms with van der Waals surface area (Å²) in [5, 5.41) is 10.4. The van der Waals surface area contributed by atoms with Crippen LogP contribution in [0.5, 0.6) is 0 Å². The van der Waals surface area contributed by atoms with Crippen LogP contribution in [0.15, 0.2) is 94.9 Å². The fourth-order valence-electron chi connectivity index (χ4n) is 3.39. The minimum absolute atomic E-state index is 0.0706. The molecule has 30 heavy (non-hydrogen) atoms. The molecule has 0 aliphatic rings. The van der Waals surface area contributed by atoms with Crippen LogP contribution >= 0.6 is 0 Å². The Kier molecular flexibility index (Phi) is 5.21. The Labute approximate surface area is 174 Å². The van der Waals surface area contributed by atoms with Crippen molar-refractivity contribution in [3.05, 3.63) is 107 Å². The number of sulfone groups is 1. The van der Waals surface area contributed by atoms with Gasteiger partial charge >= 0.3 is 0 Å². The van der Waals surface area contributed by atoms with Gasteiger partial charge in [-0.2, -0.15) is 5.26 Å². The molecule has 0 amide bonds. The van der Waals surface area contributed by atoms with E-state index in [-0.39, 0.29) is 15.6 Å². The first-order valence-electron chi connectivity index (χ1n) is 9.23. The molecular formula is C24H17FN2O2S. The Morgan fingerprint density at radius 3 is 2.47 bits per heavy atom. The predicted molar refractivity (Wildman–Crippen MR) is 115 cm³/mol. The number of benzene rings is 3. The van der Waals surface area contributed by atoms with Crippen molar-refractivity contribution >= 4 is 26.8 Å². The van der Waals surface area contributed by atoms with Crippen LogP contribution in [0.25, 0.3) is 17.0 Å². The maximum absolute atomic E-state index is 13.6. The third-order valence-corrected chi connectivity index (χ3v) is 6.48. The van der Waals surface area contributed by atoms with Crippen molar-refractivity contribution in [2.75, 3.05) is 0 Å². The van der Waals surface area contributed by atoms with Gasteiger partial charge in [-0.25, -0.2) is 12.8 Å². The summed E-state index contributed by atoms with van der Waals surface area (Å²) in [6, 6.07) is 23.6. The molecule has 3 aromatic carbocycles. The van der Waals surface area contributed by atoms with E-state index < -0.39 is 9.84 Å². The van der Waals surface area contributed by atoms with Crippen LogP contribution in [-0.2, 0) is 16.4 Å². The number of rotatable bonds is 5. The Morgan fingerprint density at radius 1 is 1.00 bits per heavy atom. The van der Waals surface area contributed by atoms with Gasteiger partial charge in [0.2, 0.25) is 9.84 Å². The Bertz CT molecular complexity index is 1400. The van der Waals surface area contributed by atoms with Crippen LogP contribution in [0.1, 0.15) is 11.1 Å². The number of fused-ring (bicyclic) bond motifs is 1. The molecule has 0 aliphatic carbocycles. The highest BCUT2D eigenvalue weighted by atomic mass is 32.2. The normalized spacial score (nSPS) is 12.1. The first-order valence-corrected chi connectivity index (χ1v) is 10.7. The van der Waals surface area contributed by atoms with Gasteiger partial charge in [0.25, 0.3) is 0 Å². The Hall–Kier alpha value is -3.69. The van der Waals surface area contributed by atoms with E-state index in [1.54, 1.807) is 30.5 Å². The van der Waals surface area contributed by atoms with Crippen molar-refractivity contribution in [1.29, 1.82) is 5.26 Å². The van der Waals surface area contributed by atoms with E-state index in [0.717, 1.165) is 16.5 Å². The molecule has 4 nitrogen and oxygen atoms in total. The lowest BCUT2D eigenvalue weighted by atomic mass is 10.1. The number of hydrogen-bond donors (Lipinski definition) is 0. The average molecular weight is 416 g/mol. The molecule has 0 radical (unpaired) electrons. The zero-order chi connectivity index (χ0) is 21.1. The monoisotopic (exact) mass is 416 g/mol. The lowest BCUT2D eigenvalue weighted by Crippen LogP contribution is -2.03. The average Bonchev–Trinajstić information content (AvgIpc) is 3.10. The molecule has 0 aliphatic heterocycles. The molecule has 0 unspecified atom stereocenters. The molecule has 0 atom stereocenters. The van der Waals surface area contributed by atoms with Gasteiger partial charge in [0, 0.05) is 29.2 Å². The third kappa shape index (κ3) is 3.76. The zero-order valence-electron chi connectivity index (χ0n) is 15.9. The summed E-state index contributed by atoms with van der Waals surface area (Å²) in [7, 11) is -3.93. The van der Waals surface area contributed by atoms with E-state index in [4.69, 9.17) is 0 Å². The van der Waals surface area contributed by atoms with Gasteiger partial charge in [-0.05, 0) is 42.0 Å². The van der Waals surface area contributed by atoms with Crippen LogP contribution in [0.3, 0.4) is 0 Å². The van der Waals surface area contributed by atoms with E-state index in [2.05, 4.69) is 0 Å². The smallest absolute Gasteiger partial charge is 0.216 e. The molecule has 0 fully saturated rings. The van der Waals surface area contributed by atoms with E-state index in [9.17, 15) is 18.1 Å². The SMILES string of the molecule is N#C/C(=C\c1cn(Cc2cccc(F)c2)c2ccccc12)S(=O)(=O)c1ccccc1. The standard InChI is InChI=1S/C24H17FN2O2S/c25-20-8-6-7-18(13-20)16-27-17-19(23-11-4-5-12-24(23)27)14-22(15-26)30(28,29)21-9-2-1-3-10-21/h1-14,17H,16H2/b22-14+. The molecule has 0 spiro atoms. The number of halogens is 1. The third-order valence-electron chi connectivity index (χ3n) is 4.80. The van der Waals surface area contributed by atoms with Crippen molar-refractivity contribution in [3.63, 3.8) is 0 Å². The van der Waals surface area contributed by atoms with Crippen LogP contribution in [-0.4, -0.2) is 13.0 Å². The van der Waals surface area contributed by atoms with E-state index in [0.29, 0.717) is 12.1 Å². The molecule has 1 heterocycles. The maximum Gasteiger partial charge on any atom is 0.216 e. The number of aromatic nitrogens is 1. The number of para-hydroxylation sites is 1. The van der Waals surface area contributed by atoms with Crippen LogP contribution < -0.4 is 0 Å². The topological polar surface area (TPSA) is 62.9 Å². The molecule has 4 rings (SSSR count). The Morgan fingerprint density at radius 2 is 1.73 bits per heavy atom. The number of nitrogens with zero attached hydrogens (tertiary/aromatic N) is 2. The van der Waals surface area contributed by atoms with Gasteiger partial charge in [0.05, 0.1) is 4.90 Å². The van der Waals surface area contributed by atoms with Crippen molar-refractivity contribution < 1.29 is 12.8 Å². The lowest BCUT2D eigenvalue weighted by Gasteiger charge is -2.05. The second-order valence-corrected chi connectivity index (χ2v) is 8.71. The summed E-state index contributed by atoms with van der Waals surface area (Å²) < 4.78 is 41.3. The number of hydrogen-bond acceptors (Lipinski definition) is 3. The summed E-state index contributed by atoms with van der Waals surface area (Å²) in [5.74, 6) is -0.315. The van der Waals surface area contributed by atoms with Crippen LogP contribution in [0, 0.1) is 17.1 Å². The lowest BCUT2D eigenvalue weighted by molar-refractivity contribution is 0.603. The summed E-state index contributed by atoms with van der Waals surface area (Å²) in [5.41, 5.74) is 2.25. The second-order valence-electron chi connectivity index (χ2n) is 6.80. The highest BCUT2D eigenvalue weighted by Gasteiger charge is 2.21. The molecule has 0 saturated carbocycles. The second kappa shape index (κ2) is 7.97. The number of allylic oxidation sites excluding steroid dienone is 1. The van der Waals surface area contributed by atoms with Crippen molar-refractivity contribution in [2.45, 2.75) is 11.4 Å². The molecular weight excluding hydrogens is 399 g/mol. The molecule has 0 N–H and O–H groups in total. The predicted octanol–water partition coefficient (Wildman–Crippen LogP) is 5.17. The molecule has 1 aromatic heterocycles. The molecule has 4 aromatic rings. The van der Waals surface area contributed by atoms with Gasteiger partial charge in [-0.1, -0.05) is 48.5 Å². The molecule has 6 heteroatoms. The van der Waals surface area contributed by atoms with E-state index in [1.165, 1.54) is 30.3 Å². The van der Waals surface area contributed by atoms with Gasteiger partial charge in [-0.15, -0.1) is 0 Å². The highest BCUT2D eigenvalue weighted by molar-refractivity contribution is 7.95. The quantitative estimate of drug-likeness (QED) is 0.422. The maximum atomic E-state index is 13.6. The van der Waals surface area contributed by atoms with Gasteiger partial charge in [0.1, 0.15) is 16.8 Å². The molecule has 0 bridgehead atoms. The molecule has 148 valence electrons.